The van der Waals surface area contributed by atoms with E-state index in [0.29, 0.717) is 44.1 Å². The average Bonchev–Trinajstić information content (AvgIpc) is 3.18. The van der Waals surface area contributed by atoms with Gasteiger partial charge in [0.25, 0.3) is 5.56 Å². The fourth-order valence-electron chi connectivity index (χ4n) is 4.22. The zero-order chi connectivity index (χ0) is 25.8. The van der Waals surface area contributed by atoms with Crippen LogP contribution in [0.15, 0.2) is 68.0 Å². The monoisotopic (exact) mass is 570 g/mol. The first kappa shape index (κ1) is 25.9. The van der Waals surface area contributed by atoms with Gasteiger partial charge in [-0.2, -0.15) is 0 Å². The molecule has 0 aliphatic carbocycles. The van der Waals surface area contributed by atoms with Crippen LogP contribution in [0.2, 0.25) is 0 Å². The van der Waals surface area contributed by atoms with Crippen LogP contribution in [-0.4, -0.2) is 31.4 Å². The van der Waals surface area contributed by atoms with Gasteiger partial charge in [0.05, 0.1) is 36.6 Å². The molecule has 0 amide bonds. The standard InChI is InChI=1S/C27H27BrN2O5S/c1-5-8-20-23(26(32)35-6-2)24(19-15-17(28)11-12-21(19)34-4)30-25(31)22(36-27(30)29-20)14-16-9-7-10-18(13-16)33-3/h7,9-15,24H,5-6,8H2,1-4H3/b22-14+/t24-/m1/s1. The van der Waals surface area contributed by atoms with Gasteiger partial charge in [0.15, 0.2) is 4.80 Å². The fourth-order valence-corrected chi connectivity index (χ4v) is 5.62. The Morgan fingerprint density at radius 3 is 2.67 bits per heavy atom. The highest BCUT2D eigenvalue weighted by atomic mass is 79.9. The van der Waals surface area contributed by atoms with Gasteiger partial charge in [-0.1, -0.05) is 52.7 Å². The van der Waals surface area contributed by atoms with Crippen molar-refractivity contribution in [1.29, 1.82) is 0 Å². The van der Waals surface area contributed by atoms with Crippen molar-refractivity contribution in [1.82, 2.24) is 4.57 Å². The Kier molecular flexibility index (Phi) is 8.11. The Hall–Kier alpha value is -3.17. The number of benzene rings is 2. The van der Waals surface area contributed by atoms with E-state index < -0.39 is 12.0 Å². The van der Waals surface area contributed by atoms with Crippen LogP contribution in [0.4, 0.5) is 0 Å². The minimum atomic E-state index is -0.748. The first-order valence-electron chi connectivity index (χ1n) is 11.6. The summed E-state index contributed by atoms with van der Waals surface area (Å²) in [5, 5.41) is 0. The number of fused-ring (bicyclic) bond motifs is 1. The van der Waals surface area contributed by atoms with Crippen molar-refractivity contribution < 1.29 is 19.0 Å². The van der Waals surface area contributed by atoms with Gasteiger partial charge in [-0.25, -0.2) is 9.79 Å². The molecule has 2 heterocycles. The van der Waals surface area contributed by atoms with Crippen molar-refractivity contribution in [2.45, 2.75) is 32.7 Å². The molecule has 4 rings (SSSR count). The lowest BCUT2D eigenvalue weighted by Crippen LogP contribution is -2.40. The lowest BCUT2D eigenvalue weighted by molar-refractivity contribution is -0.139. The summed E-state index contributed by atoms with van der Waals surface area (Å²) >= 11 is 4.82. The fraction of sp³-hybridized carbons (Fsp3) is 0.296. The topological polar surface area (TPSA) is 79.1 Å². The zero-order valence-electron chi connectivity index (χ0n) is 20.5. The molecule has 1 atom stereocenters. The number of carbonyl (C=O) groups is 1. The third-order valence-electron chi connectivity index (χ3n) is 5.77. The number of methoxy groups -OCH3 is 2. The molecule has 0 saturated heterocycles. The van der Waals surface area contributed by atoms with Crippen molar-refractivity contribution >= 4 is 39.3 Å². The SMILES string of the molecule is CCCC1=C(C(=O)OCC)[C@@H](c2cc(Br)ccc2OC)n2c(s/c(=C/c3cccc(OC)c3)c2=O)=N1. The Morgan fingerprint density at radius 1 is 1.17 bits per heavy atom. The second kappa shape index (κ2) is 11.3. The van der Waals surface area contributed by atoms with E-state index in [1.54, 1.807) is 25.7 Å². The Balaban J connectivity index is 2.04. The molecular formula is C27H27BrN2O5S. The number of nitrogens with zero attached hydrogens (tertiary/aromatic N) is 2. The predicted molar refractivity (Wildman–Crippen MR) is 143 cm³/mol. The van der Waals surface area contributed by atoms with Gasteiger partial charge >= 0.3 is 5.97 Å². The highest BCUT2D eigenvalue weighted by Gasteiger charge is 2.36. The van der Waals surface area contributed by atoms with E-state index in [-0.39, 0.29) is 12.2 Å². The first-order valence-corrected chi connectivity index (χ1v) is 13.2. The van der Waals surface area contributed by atoms with Crippen LogP contribution in [0.5, 0.6) is 11.5 Å². The molecule has 9 heteroatoms. The molecule has 7 nitrogen and oxygen atoms in total. The summed E-state index contributed by atoms with van der Waals surface area (Å²) in [6.07, 6.45) is 3.17. The maximum Gasteiger partial charge on any atom is 0.338 e. The van der Waals surface area contributed by atoms with Crippen LogP contribution >= 0.6 is 27.3 Å². The number of carbonyl (C=O) groups excluding carboxylic acids is 1. The largest absolute Gasteiger partial charge is 0.497 e. The normalized spacial score (nSPS) is 15.4. The molecule has 0 saturated carbocycles. The van der Waals surface area contributed by atoms with Gasteiger partial charge in [-0.15, -0.1) is 0 Å². The van der Waals surface area contributed by atoms with E-state index in [2.05, 4.69) is 15.9 Å². The summed E-state index contributed by atoms with van der Waals surface area (Å²) < 4.78 is 19.3. The van der Waals surface area contributed by atoms with Gasteiger partial charge < -0.3 is 14.2 Å². The molecule has 0 fully saturated rings. The number of ether oxygens (including phenoxy) is 3. The lowest BCUT2D eigenvalue weighted by atomic mass is 9.93. The molecule has 3 aromatic rings. The van der Waals surface area contributed by atoms with Crippen molar-refractivity contribution in [3.8, 4) is 11.5 Å². The number of esters is 1. The quantitative estimate of drug-likeness (QED) is 0.376. The first-order chi connectivity index (χ1) is 17.4. The molecule has 1 aliphatic rings. The Labute approximate surface area is 221 Å². The van der Waals surface area contributed by atoms with Crippen LogP contribution in [-0.2, 0) is 9.53 Å². The van der Waals surface area contributed by atoms with Gasteiger partial charge in [0, 0.05) is 10.0 Å². The van der Waals surface area contributed by atoms with Crippen LogP contribution in [0, 0.1) is 0 Å². The highest BCUT2D eigenvalue weighted by Crippen LogP contribution is 2.38. The zero-order valence-corrected chi connectivity index (χ0v) is 22.9. The van der Waals surface area contributed by atoms with Crippen LogP contribution in [0.3, 0.4) is 0 Å². The summed E-state index contributed by atoms with van der Waals surface area (Å²) in [6.45, 7) is 4.00. The van der Waals surface area contributed by atoms with Gasteiger partial charge in [0.1, 0.15) is 17.5 Å². The van der Waals surface area contributed by atoms with E-state index in [0.717, 1.165) is 16.5 Å². The predicted octanol–water partition coefficient (Wildman–Crippen LogP) is 4.36. The summed E-state index contributed by atoms with van der Waals surface area (Å²) in [5.74, 6) is 0.770. The minimum Gasteiger partial charge on any atom is -0.497 e. The van der Waals surface area contributed by atoms with E-state index in [1.165, 1.54) is 11.3 Å². The number of thiazole rings is 1. The third-order valence-corrected chi connectivity index (χ3v) is 7.25. The average molecular weight is 571 g/mol. The van der Waals surface area contributed by atoms with E-state index >= 15 is 0 Å². The minimum absolute atomic E-state index is 0.213. The summed E-state index contributed by atoms with van der Waals surface area (Å²) in [5.41, 5.74) is 2.24. The summed E-state index contributed by atoms with van der Waals surface area (Å²) in [7, 11) is 3.17. The van der Waals surface area contributed by atoms with Gasteiger partial charge in [-0.05, 0) is 55.3 Å². The Morgan fingerprint density at radius 2 is 1.97 bits per heavy atom. The molecule has 0 bridgehead atoms. The molecular weight excluding hydrogens is 544 g/mol. The van der Waals surface area contributed by atoms with Gasteiger partial charge in [0.2, 0.25) is 0 Å². The molecule has 1 aromatic heterocycles. The van der Waals surface area contributed by atoms with Crippen LogP contribution < -0.4 is 24.4 Å². The van der Waals surface area contributed by atoms with Crippen molar-refractivity contribution in [2.24, 2.45) is 4.99 Å². The number of halogens is 1. The summed E-state index contributed by atoms with van der Waals surface area (Å²) in [6, 6.07) is 12.3. The smallest absolute Gasteiger partial charge is 0.338 e. The maximum absolute atomic E-state index is 13.9. The third kappa shape index (κ3) is 5.03. The Bertz CT molecular complexity index is 1510. The molecule has 1 aliphatic heterocycles. The number of allylic oxidation sites excluding steroid dienone is 1. The van der Waals surface area contributed by atoms with Crippen molar-refractivity contribution in [3.63, 3.8) is 0 Å². The molecule has 2 aromatic carbocycles. The molecule has 0 spiro atoms. The number of aromatic nitrogens is 1. The molecule has 0 radical (unpaired) electrons. The van der Waals surface area contributed by atoms with E-state index in [1.807, 2.05) is 55.5 Å². The second-order valence-electron chi connectivity index (χ2n) is 8.08. The van der Waals surface area contributed by atoms with Gasteiger partial charge in [-0.3, -0.25) is 9.36 Å². The van der Waals surface area contributed by atoms with Crippen LogP contribution in [0.1, 0.15) is 43.9 Å². The molecule has 36 heavy (non-hydrogen) atoms. The highest BCUT2D eigenvalue weighted by molar-refractivity contribution is 9.10. The maximum atomic E-state index is 13.9. The van der Waals surface area contributed by atoms with Crippen LogP contribution in [0.25, 0.3) is 6.08 Å². The number of hydrogen-bond acceptors (Lipinski definition) is 7. The van der Waals surface area contributed by atoms with Crippen molar-refractivity contribution in [2.75, 3.05) is 20.8 Å². The lowest BCUT2D eigenvalue weighted by Gasteiger charge is -2.27. The summed E-state index contributed by atoms with van der Waals surface area (Å²) in [4.78, 5) is 32.5. The van der Waals surface area contributed by atoms with Crippen molar-refractivity contribution in [3.05, 3.63) is 89.0 Å². The van der Waals surface area contributed by atoms with E-state index in [9.17, 15) is 9.59 Å². The van der Waals surface area contributed by atoms with E-state index in [4.69, 9.17) is 19.2 Å². The molecule has 0 unspecified atom stereocenters. The number of hydrogen-bond donors (Lipinski definition) is 0. The number of rotatable bonds is 8. The second-order valence-corrected chi connectivity index (χ2v) is 10.0. The molecule has 0 N–H and O–H groups in total. The molecule has 188 valence electrons.